The molecule has 0 atom stereocenters. The van der Waals surface area contributed by atoms with Gasteiger partial charge in [0, 0.05) is 24.7 Å². The van der Waals surface area contributed by atoms with E-state index in [9.17, 15) is 18.0 Å². The van der Waals surface area contributed by atoms with Crippen molar-refractivity contribution >= 4 is 40.7 Å². The number of carbonyl (C=O) groups is 1. The molecule has 2 aromatic rings. The molecule has 0 radical (unpaired) electrons. The Labute approximate surface area is 165 Å². The predicted molar refractivity (Wildman–Crippen MR) is 109 cm³/mol. The molecule has 0 unspecified atom stereocenters. The quantitative estimate of drug-likeness (QED) is 0.721. The van der Waals surface area contributed by atoms with Crippen molar-refractivity contribution < 1.29 is 18.0 Å². The van der Waals surface area contributed by atoms with Gasteiger partial charge in [-0.15, -0.1) is 0 Å². The summed E-state index contributed by atoms with van der Waals surface area (Å²) >= 11 is 1.20. The molecule has 28 heavy (non-hydrogen) atoms. The topological polar surface area (TPSA) is 56.5 Å². The first-order valence-electron chi connectivity index (χ1n) is 8.12. The van der Waals surface area contributed by atoms with E-state index in [1.807, 2.05) is 49.3 Å². The first-order valence-corrected chi connectivity index (χ1v) is 8.94. The highest BCUT2D eigenvalue weighted by Gasteiger charge is 2.29. The Hall–Kier alpha value is -2.87. The van der Waals surface area contributed by atoms with Gasteiger partial charge in [-0.2, -0.15) is 13.2 Å². The zero-order chi connectivity index (χ0) is 20.7. The number of aliphatic imine (C=N–C) groups is 1. The molecule has 3 rings (SSSR count). The summed E-state index contributed by atoms with van der Waals surface area (Å²) in [6.07, 6.45) is -1.64. The van der Waals surface area contributed by atoms with Gasteiger partial charge >= 0.3 is 6.18 Å². The number of carbonyl (C=O) groups excluding carboxylic acids is 1. The molecule has 0 aromatic heterocycles. The zero-order valence-corrected chi connectivity index (χ0v) is 16.0. The second-order valence-electron chi connectivity index (χ2n) is 5.88. The van der Waals surface area contributed by atoms with Crippen LogP contribution in [-0.4, -0.2) is 31.3 Å². The molecular weight excluding hydrogens is 387 g/mol. The van der Waals surface area contributed by atoms with Gasteiger partial charge in [0.1, 0.15) is 5.71 Å². The summed E-state index contributed by atoms with van der Waals surface area (Å²) in [5.74, 6) is 0. The van der Waals surface area contributed by atoms with Crippen LogP contribution in [0, 0.1) is 5.41 Å². The van der Waals surface area contributed by atoms with Gasteiger partial charge in [-0.3, -0.25) is 10.2 Å². The number of nitrogens with zero attached hydrogens (tertiary/aromatic N) is 2. The molecule has 1 heterocycles. The molecule has 0 bridgehead atoms. The summed E-state index contributed by atoms with van der Waals surface area (Å²) in [6.45, 7) is 0. The summed E-state index contributed by atoms with van der Waals surface area (Å²) in [5.41, 5.74) is 1.84. The number of allylic oxidation sites excluding steroid dienone is 1. The van der Waals surface area contributed by atoms with Gasteiger partial charge in [0.25, 0.3) is 0 Å². The van der Waals surface area contributed by atoms with E-state index in [-0.39, 0.29) is 5.17 Å². The number of nitrogens with one attached hydrogen (secondary N) is 1. The highest BCUT2D eigenvalue weighted by molar-refractivity contribution is 8.18. The Kier molecular flexibility index (Phi) is 7.17. The maximum atomic E-state index is 11.8. The van der Waals surface area contributed by atoms with E-state index in [0.29, 0.717) is 12.0 Å². The highest BCUT2D eigenvalue weighted by Crippen LogP contribution is 2.29. The van der Waals surface area contributed by atoms with E-state index in [2.05, 4.69) is 4.99 Å². The maximum absolute atomic E-state index is 11.8. The highest BCUT2D eigenvalue weighted by atomic mass is 32.2. The van der Waals surface area contributed by atoms with Crippen LogP contribution in [0.3, 0.4) is 0 Å². The molecule has 0 fully saturated rings. The van der Waals surface area contributed by atoms with Crippen LogP contribution < -0.4 is 4.90 Å². The molecule has 1 N–H and O–H groups in total. The van der Waals surface area contributed by atoms with E-state index in [4.69, 9.17) is 5.41 Å². The number of anilines is 1. The van der Waals surface area contributed by atoms with Crippen molar-refractivity contribution in [2.24, 2.45) is 4.99 Å². The van der Waals surface area contributed by atoms with Crippen LogP contribution in [0.1, 0.15) is 11.1 Å². The van der Waals surface area contributed by atoms with E-state index in [1.54, 1.807) is 6.07 Å². The fraction of sp³-hybridized carbons (Fsp3) is 0.150. The van der Waals surface area contributed by atoms with Crippen LogP contribution in [0.4, 0.5) is 18.9 Å². The number of thioether (sulfide) groups is 1. The number of hydrogen-bond acceptors (Lipinski definition) is 4. The standard InChI is InChI=1S/C13H13N3OS.C7H5F3/c1-16(2)10-5-3-9(4-6-10)7-12-11(8-17)15-13(14)18-12;8-7(9,10)6-4-2-1-3-5-6/h3-8,14H,1-2H3;1-5H. The minimum absolute atomic E-state index is 0.160. The van der Waals surface area contributed by atoms with Crippen LogP contribution in [0.25, 0.3) is 6.08 Å². The number of rotatable bonds is 3. The molecule has 146 valence electrons. The largest absolute Gasteiger partial charge is 0.416 e. The lowest BCUT2D eigenvalue weighted by atomic mass is 10.1. The first-order chi connectivity index (χ1) is 13.2. The average molecular weight is 405 g/mol. The number of hydrogen-bond donors (Lipinski definition) is 1. The molecule has 2 aromatic carbocycles. The van der Waals surface area contributed by atoms with Crippen LogP contribution in [0.15, 0.2) is 64.5 Å². The number of aldehydes is 1. The third-order valence-corrected chi connectivity index (χ3v) is 4.43. The summed E-state index contributed by atoms with van der Waals surface area (Å²) in [5, 5.41) is 7.60. The van der Waals surface area contributed by atoms with Gasteiger partial charge in [0.05, 0.1) is 5.56 Å². The van der Waals surface area contributed by atoms with Crippen LogP contribution >= 0.6 is 11.8 Å². The molecule has 0 amide bonds. The van der Waals surface area contributed by atoms with Crippen LogP contribution in [0.2, 0.25) is 0 Å². The van der Waals surface area contributed by atoms with Crippen molar-refractivity contribution in [3.63, 3.8) is 0 Å². The van der Waals surface area contributed by atoms with Gasteiger partial charge in [-0.1, -0.05) is 42.5 Å². The SMILES string of the molecule is CN(C)c1ccc(C=C2SC(=N)N=C2C=O)cc1.FC(F)(F)c1ccccc1. The van der Waals surface area contributed by atoms with E-state index >= 15 is 0 Å². The molecule has 1 aliphatic rings. The molecule has 0 saturated heterocycles. The fourth-order valence-electron chi connectivity index (χ4n) is 2.18. The van der Waals surface area contributed by atoms with Crippen molar-refractivity contribution in [2.75, 3.05) is 19.0 Å². The lowest BCUT2D eigenvalue weighted by molar-refractivity contribution is -0.137. The third-order valence-electron chi connectivity index (χ3n) is 3.60. The summed E-state index contributed by atoms with van der Waals surface area (Å²) in [4.78, 5) is 17.4. The van der Waals surface area contributed by atoms with Crippen LogP contribution in [0.5, 0.6) is 0 Å². The Morgan fingerprint density at radius 3 is 2.11 bits per heavy atom. The Bertz CT molecular complexity index is 889. The first kappa shape index (κ1) is 21.4. The zero-order valence-electron chi connectivity index (χ0n) is 15.2. The van der Waals surface area contributed by atoms with Crippen molar-refractivity contribution in [1.82, 2.24) is 0 Å². The minimum Gasteiger partial charge on any atom is -0.378 e. The van der Waals surface area contributed by atoms with Gasteiger partial charge < -0.3 is 4.90 Å². The van der Waals surface area contributed by atoms with Gasteiger partial charge in [0.2, 0.25) is 0 Å². The van der Waals surface area contributed by atoms with Gasteiger partial charge in [0.15, 0.2) is 11.5 Å². The number of amidine groups is 1. The smallest absolute Gasteiger partial charge is 0.378 e. The summed E-state index contributed by atoms with van der Waals surface area (Å²) < 4.78 is 35.4. The summed E-state index contributed by atoms with van der Waals surface area (Å²) in [6, 6.07) is 14.3. The normalized spacial score (nSPS) is 15.0. The van der Waals surface area contributed by atoms with Crippen molar-refractivity contribution in [2.45, 2.75) is 6.18 Å². The van der Waals surface area contributed by atoms with Crippen molar-refractivity contribution in [3.8, 4) is 0 Å². The molecule has 4 nitrogen and oxygen atoms in total. The average Bonchev–Trinajstić information content (AvgIpc) is 3.02. The number of alkyl halides is 3. The minimum atomic E-state index is -4.21. The summed E-state index contributed by atoms with van der Waals surface area (Å²) in [7, 11) is 3.97. The lowest BCUT2D eigenvalue weighted by Crippen LogP contribution is -2.07. The van der Waals surface area contributed by atoms with E-state index in [0.717, 1.165) is 28.3 Å². The monoisotopic (exact) mass is 405 g/mol. The second kappa shape index (κ2) is 9.36. The van der Waals surface area contributed by atoms with Crippen molar-refractivity contribution in [1.29, 1.82) is 5.41 Å². The Morgan fingerprint density at radius 2 is 1.64 bits per heavy atom. The predicted octanol–water partition coefficient (Wildman–Crippen LogP) is 5.12. The number of benzene rings is 2. The molecule has 0 spiro atoms. The van der Waals surface area contributed by atoms with Crippen molar-refractivity contribution in [3.05, 3.63) is 70.6 Å². The Balaban J connectivity index is 0.000000237. The number of halogens is 3. The third kappa shape index (κ3) is 6.09. The fourth-order valence-corrected chi connectivity index (χ4v) is 2.92. The molecule has 0 aliphatic carbocycles. The van der Waals surface area contributed by atoms with Gasteiger partial charge in [-0.05, 0) is 35.5 Å². The maximum Gasteiger partial charge on any atom is 0.416 e. The van der Waals surface area contributed by atoms with Crippen LogP contribution in [-0.2, 0) is 11.0 Å². The van der Waals surface area contributed by atoms with E-state index < -0.39 is 11.7 Å². The second-order valence-corrected chi connectivity index (χ2v) is 6.91. The van der Waals surface area contributed by atoms with Gasteiger partial charge in [-0.25, -0.2) is 4.99 Å². The lowest BCUT2D eigenvalue weighted by Gasteiger charge is -2.11. The molecule has 1 aliphatic heterocycles. The molecule has 0 saturated carbocycles. The molecular formula is C20H18F3N3OS. The Morgan fingerprint density at radius 1 is 1.04 bits per heavy atom. The molecule has 8 heteroatoms. The van der Waals surface area contributed by atoms with E-state index in [1.165, 1.54) is 23.9 Å².